The van der Waals surface area contributed by atoms with Crippen LogP contribution in [0.3, 0.4) is 0 Å². The fraction of sp³-hybridized carbons (Fsp3) is 0.235. The van der Waals surface area contributed by atoms with Crippen LogP contribution in [-0.2, 0) is 21.4 Å². The zero-order valence-corrected chi connectivity index (χ0v) is 17.6. The quantitative estimate of drug-likeness (QED) is 0.549. The van der Waals surface area contributed by atoms with Gasteiger partial charge >= 0.3 is 0 Å². The van der Waals surface area contributed by atoms with Crippen LogP contribution in [0.25, 0.3) is 10.7 Å². The van der Waals surface area contributed by atoms with Crippen LogP contribution in [0.15, 0.2) is 51.8 Å². The molecular weight excluding hydrogens is 418 g/mol. The number of anilines is 1. The lowest BCUT2D eigenvalue weighted by molar-refractivity contribution is -0.115. The molecular formula is C17H19N5O3S3. The van der Waals surface area contributed by atoms with Crippen LogP contribution < -0.4 is 10.5 Å². The lowest BCUT2D eigenvalue weighted by Gasteiger charge is -2.12. The van der Waals surface area contributed by atoms with E-state index in [2.05, 4.69) is 15.5 Å². The highest BCUT2D eigenvalue weighted by molar-refractivity contribution is 8.00. The van der Waals surface area contributed by atoms with Crippen molar-refractivity contribution in [3.8, 4) is 10.7 Å². The summed E-state index contributed by atoms with van der Waals surface area (Å²) in [7, 11) is -3.76. The van der Waals surface area contributed by atoms with Crippen LogP contribution in [0, 0.1) is 0 Å². The van der Waals surface area contributed by atoms with Crippen molar-refractivity contribution in [2.24, 2.45) is 5.14 Å². The summed E-state index contributed by atoms with van der Waals surface area (Å²) in [6.45, 7) is 4.46. The van der Waals surface area contributed by atoms with Crippen molar-refractivity contribution in [1.29, 1.82) is 0 Å². The number of primary sulfonamides is 1. The third kappa shape index (κ3) is 4.61. The van der Waals surface area contributed by atoms with Gasteiger partial charge in [0.2, 0.25) is 15.9 Å². The molecule has 0 spiro atoms. The van der Waals surface area contributed by atoms with Crippen LogP contribution in [0.1, 0.15) is 13.8 Å². The number of aromatic nitrogens is 3. The fourth-order valence-electron chi connectivity index (χ4n) is 2.43. The maximum absolute atomic E-state index is 12.5. The molecule has 0 saturated carbocycles. The van der Waals surface area contributed by atoms with E-state index in [1.807, 2.05) is 29.0 Å². The van der Waals surface area contributed by atoms with Gasteiger partial charge in [0.25, 0.3) is 0 Å². The number of hydrogen-bond acceptors (Lipinski definition) is 7. The van der Waals surface area contributed by atoms with E-state index in [0.29, 0.717) is 17.4 Å². The lowest BCUT2D eigenvalue weighted by atomic mass is 10.3. The van der Waals surface area contributed by atoms with Crippen LogP contribution in [0.2, 0.25) is 0 Å². The molecule has 3 aromatic rings. The molecule has 3 N–H and O–H groups in total. The van der Waals surface area contributed by atoms with Crippen molar-refractivity contribution in [3.05, 3.63) is 41.8 Å². The van der Waals surface area contributed by atoms with Gasteiger partial charge in [0, 0.05) is 12.2 Å². The van der Waals surface area contributed by atoms with Crippen molar-refractivity contribution < 1.29 is 13.2 Å². The Hall–Kier alpha value is -2.21. The summed E-state index contributed by atoms with van der Waals surface area (Å²) in [6.07, 6.45) is 0. The predicted octanol–water partition coefficient (Wildman–Crippen LogP) is 2.79. The summed E-state index contributed by atoms with van der Waals surface area (Å²) in [5, 5.41) is 18.5. The minimum atomic E-state index is -3.76. The minimum Gasteiger partial charge on any atom is -0.325 e. The number of amides is 1. The number of thiophene rings is 1. The smallest absolute Gasteiger partial charge is 0.238 e. The molecule has 11 heteroatoms. The Labute approximate surface area is 171 Å². The molecule has 0 bridgehead atoms. The van der Waals surface area contributed by atoms with E-state index in [9.17, 15) is 13.2 Å². The van der Waals surface area contributed by atoms with E-state index < -0.39 is 15.3 Å². The van der Waals surface area contributed by atoms with E-state index in [4.69, 9.17) is 5.14 Å². The van der Waals surface area contributed by atoms with E-state index in [1.165, 1.54) is 36.0 Å². The Morgan fingerprint density at radius 3 is 2.57 bits per heavy atom. The third-order valence-electron chi connectivity index (χ3n) is 3.88. The lowest BCUT2D eigenvalue weighted by Crippen LogP contribution is -2.23. The molecule has 0 fully saturated rings. The monoisotopic (exact) mass is 437 g/mol. The highest BCUT2D eigenvalue weighted by Gasteiger charge is 2.21. The highest BCUT2D eigenvalue weighted by atomic mass is 32.2. The third-order valence-corrected chi connectivity index (χ3v) is 6.75. The maximum atomic E-state index is 12.5. The van der Waals surface area contributed by atoms with Crippen LogP contribution in [-0.4, -0.2) is 34.3 Å². The molecule has 148 valence electrons. The summed E-state index contributed by atoms with van der Waals surface area (Å²) in [5.41, 5.74) is 0.487. The summed E-state index contributed by atoms with van der Waals surface area (Å²) in [4.78, 5) is 13.5. The molecule has 8 nitrogen and oxygen atoms in total. The highest BCUT2D eigenvalue weighted by Crippen LogP contribution is 2.29. The van der Waals surface area contributed by atoms with E-state index in [1.54, 1.807) is 18.3 Å². The van der Waals surface area contributed by atoms with Gasteiger partial charge in [-0.1, -0.05) is 17.8 Å². The molecule has 1 atom stereocenters. The molecule has 1 amide bonds. The number of rotatable bonds is 7. The number of carbonyl (C=O) groups excluding carboxylic acids is 1. The number of hydrogen-bond donors (Lipinski definition) is 2. The number of nitrogens with zero attached hydrogens (tertiary/aromatic N) is 3. The number of carbonyl (C=O) groups is 1. The van der Waals surface area contributed by atoms with Crippen molar-refractivity contribution >= 4 is 44.7 Å². The number of sulfonamides is 1. The largest absolute Gasteiger partial charge is 0.325 e. The number of nitrogens with two attached hydrogens (primary N) is 1. The summed E-state index contributed by atoms with van der Waals surface area (Å²) >= 11 is 2.90. The second-order valence-corrected chi connectivity index (χ2v) is 9.66. The first-order valence-electron chi connectivity index (χ1n) is 8.37. The Kier molecular flexibility index (Phi) is 6.18. The fourth-order valence-corrected chi connectivity index (χ4v) is 4.58. The number of benzene rings is 1. The topological polar surface area (TPSA) is 120 Å². The average molecular weight is 438 g/mol. The second-order valence-electron chi connectivity index (χ2n) is 5.85. The van der Waals surface area contributed by atoms with Gasteiger partial charge in [0.15, 0.2) is 11.0 Å². The van der Waals surface area contributed by atoms with Crippen molar-refractivity contribution in [1.82, 2.24) is 14.8 Å². The SMILES string of the molecule is CCn1c(S[C@@H](C)C(=O)Nc2ccc(S(N)(=O)=O)cc2)nnc1-c1cccs1. The molecule has 0 radical (unpaired) electrons. The van der Waals surface area contributed by atoms with Gasteiger partial charge < -0.3 is 9.88 Å². The Morgan fingerprint density at radius 2 is 2.00 bits per heavy atom. The zero-order chi connectivity index (χ0) is 20.3. The van der Waals surface area contributed by atoms with Gasteiger partial charge in [-0.15, -0.1) is 21.5 Å². The second kappa shape index (κ2) is 8.43. The average Bonchev–Trinajstić information content (AvgIpc) is 3.30. The first kappa shape index (κ1) is 20.5. The van der Waals surface area contributed by atoms with Crippen LogP contribution in [0.5, 0.6) is 0 Å². The Bertz CT molecular complexity index is 1060. The number of nitrogens with one attached hydrogen (secondary N) is 1. The van der Waals surface area contributed by atoms with Crippen molar-refractivity contribution in [3.63, 3.8) is 0 Å². The van der Waals surface area contributed by atoms with Crippen molar-refractivity contribution in [2.45, 2.75) is 35.7 Å². The summed E-state index contributed by atoms with van der Waals surface area (Å²) in [6, 6.07) is 9.64. The molecule has 0 aliphatic heterocycles. The standard InChI is InChI=1S/C17H19N5O3S3/c1-3-22-15(14-5-4-10-26-14)20-21-17(22)27-11(2)16(23)19-12-6-8-13(9-7-12)28(18,24)25/h4-11H,3H2,1-2H3,(H,19,23)(H2,18,24,25)/t11-/m0/s1. The first-order chi connectivity index (χ1) is 13.3. The minimum absolute atomic E-state index is 0.00919. The van der Waals surface area contributed by atoms with Crippen LogP contribution >= 0.6 is 23.1 Å². The van der Waals surface area contributed by atoms with E-state index in [0.717, 1.165) is 10.7 Å². The molecule has 2 heterocycles. The van der Waals surface area contributed by atoms with Crippen molar-refractivity contribution in [2.75, 3.05) is 5.32 Å². The van der Waals surface area contributed by atoms with Crippen LogP contribution in [0.4, 0.5) is 5.69 Å². The predicted molar refractivity (Wildman–Crippen MR) is 111 cm³/mol. The molecule has 0 aliphatic carbocycles. The van der Waals surface area contributed by atoms with Gasteiger partial charge in [-0.3, -0.25) is 4.79 Å². The molecule has 0 aliphatic rings. The summed E-state index contributed by atoms with van der Waals surface area (Å²) < 4.78 is 24.6. The molecule has 1 aromatic carbocycles. The van der Waals surface area contributed by atoms with E-state index in [-0.39, 0.29) is 10.8 Å². The van der Waals surface area contributed by atoms with Gasteiger partial charge in [0.1, 0.15) is 0 Å². The molecule has 0 saturated heterocycles. The molecule has 28 heavy (non-hydrogen) atoms. The first-order valence-corrected chi connectivity index (χ1v) is 11.7. The van der Waals surface area contributed by atoms with Gasteiger partial charge in [-0.25, -0.2) is 13.6 Å². The molecule has 2 aromatic heterocycles. The summed E-state index contributed by atoms with van der Waals surface area (Å²) in [5.74, 6) is 0.558. The van der Waals surface area contributed by atoms with E-state index >= 15 is 0 Å². The molecule has 0 unspecified atom stereocenters. The zero-order valence-electron chi connectivity index (χ0n) is 15.2. The number of thioether (sulfide) groups is 1. The Morgan fingerprint density at radius 1 is 1.29 bits per heavy atom. The van der Waals surface area contributed by atoms with Gasteiger partial charge in [0.05, 0.1) is 15.0 Å². The molecule has 3 rings (SSSR count). The normalized spacial score (nSPS) is 12.7. The Balaban J connectivity index is 1.69. The van der Waals surface area contributed by atoms with Gasteiger partial charge in [-0.2, -0.15) is 0 Å². The van der Waals surface area contributed by atoms with Gasteiger partial charge in [-0.05, 0) is 49.6 Å². The maximum Gasteiger partial charge on any atom is 0.238 e.